The Hall–Kier alpha value is -0.610. The quantitative estimate of drug-likeness (QED) is 0.377. The maximum absolute atomic E-state index is 11.7. The van der Waals surface area contributed by atoms with Crippen LogP contribution < -0.4 is 0 Å². The lowest BCUT2D eigenvalue weighted by molar-refractivity contribution is -0.138. The zero-order chi connectivity index (χ0) is 12.4. The summed E-state index contributed by atoms with van der Waals surface area (Å²) in [6.07, 6.45) is 6.03. The third-order valence-corrected chi connectivity index (χ3v) is 4.02. The molecule has 0 bridgehead atoms. The minimum absolute atomic E-state index is 0.247. The minimum Gasteiger partial charge on any atom is -0.463 e. The van der Waals surface area contributed by atoms with Crippen molar-refractivity contribution in [2.45, 2.75) is 13.3 Å². The summed E-state index contributed by atoms with van der Waals surface area (Å²) in [7, 11) is 0. The van der Waals surface area contributed by atoms with Crippen molar-refractivity contribution in [1.29, 1.82) is 0 Å². The number of rotatable bonds is 8. The first-order chi connectivity index (χ1) is 7.71. The van der Waals surface area contributed by atoms with Crippen LogP contribution in [0.5, 0.6) is 0 Å². The van der Waals surface area contributed by atoms with Crippen molar-refractivity contribution in [3.05, 3.63) is 35.1 Å². The lowest BCUT2D eigenvalue weighted by atomic mass is 10.2. The summed E-state index contributed by atoms with van der Waals surface area (Å²) in [5.74, 6) is 0.541. The molecule has 0 aromatic heterocycles. The molecule has 4 heteroatoms. The average molecular weight is 258 g/mol. The van der Waals surface area contributed by atoms with E-state index < -0.39 is 0 Å². The summed E-state index contributed by atoms with van der Waals surface area (Å²) in [4.78, 5) is 11.7. The van der Waals surface area contributed by atoms with E-state index in [2.05, 4.69) is 13.2 Å². The normalized spacial score (nSPS) is 11.6. The van der Waals surface area contributed by atoms with E-state index >= 15 is 0 Å². The number of hydrogen-bond acceptors (Lipinski definition) is 4. The summed E-state index contributed by atoms with van der Waals surface area (Å²) in [6, 6.07) is 0. The fourth-order valence-electron chi connectivity index (χ4n) is 1.02. The van der Waals surface area contributed by atoms with Crippen LogP contribution in [0, 0.1) is 0 Å². The predicted octanol–water partition coefficient (Wildman–Crippen LogP) is 3.62. The fraction of sp³-hybridized carbons (Fsp3) is 0.417. The Bertz CT molecular complexity index is 283. The highest BCUT2D eigenvalue weighted by molar-refractivity contribution is 8.22. The van der Waals surface area contributed by atoms with Gasteiger partial charge < -0.3 is 4.74 Å². The van der Waals surface area contributed by atoms with Gasteiger partial charge in [0.15, 0.2) is 0 Å². The molecule has 0 fully saturated rings. The lowest BCUT2D eigenvalue weighted by Gasteiger charge is -2.10. The Morgan fingerprint density at radius 3 is 2.50 bits per heavy atom. The van der Waals surface area contributed by atoms with E-state index in [9.17, 15) is 4.79 Å². The highest BCUT2D eigenvalue weighted by atomic mass is 32.2. The molecule has 0 aliphatic heterocycles. The van der Waals surface area contributed by atoms with Crippen molar-refractivity contribution >= 4 is 29.5 Å². The van der Waals surface area contributed by atoms with Gasteiger partial charge in [-0.05, 0) is 19.6 Å². The number of allylic oxidation sites excluding steroid dienone is 1. The molecule has 0 saturated heterocycles. The van der Waals surface area contributed by atoms with Crippen molar-refractivity contribution in [3.63, 3.8) is 0 Å². The van der Waals surface area contributed by atoms with Crippen LogP contribution in [0.25, 0.3) is 0 Å². The van der Waals surface area contributed by atoms with Gasteiger partial charge in [0.25, 0.3) is 0 Å². The molecule has 0 saturated carbocycles. The van der Waals surface area contributed by atoms with Gasteiger partial charge in [-0.1, -0.05) is 12.2 Å². The maximum Gasteiger partial charge on any atom is 0.335 e. The van der Waals surface area contributed by atoms with Crippen LogP contribution in [0.2, 0.25) is 0 Å². The van der Waals surface area contributed by atoms with Gasteiger partial charge in [0.2, 0.25) is 0 Å². The van der Waals surface area contributed by atoms with Crippen LogP contribution in [0.3, 0.4) is 0 Å². The largest absolute Gasteiger partial charge is 0.463 e. The van der Waals surface area contributed by atoms with Crippen molar-refractivity contribution in [2.75, 3.05) is 18.6 Å². The zero-order valence-corrected chi connectivity index (χ0v) is 11.5. The zero-order valence-electron chi connectivity index (χ0n) is 9.82. The molecule has 0 unspecified atom stereocenters. The predicted molar refractivity (Wildman–Crippen MR) is 74.6 cm³/mol. The van der Waals surface area contributed by atoms with Crippen molar-refractivity contribution in [1.82, 2.24) is 0 Å². The second-order valence-electron chi connectivity index (χ2n) is 2.78. The first kappa shape index (κ1) is 15.4. The molecule has 0 aromatic rings. The van der Waals surface area contributed by atoms with Gasteiger partial charge in [0.05, 0.1) is 16.4 Å². The Morgan fingerprint density at radius 1 is 1.38 bits per heavy atom. The van der Waals surface area contributed by atoms with Crippen LogP contribution in [-0.4, -0.2) is 24.6 Å². The Labute approximate surface area is 106 Å². The van der Waals surface area contributed by atoms with Gasteiger partial charge in [-0.3, -0.25) is 0 Å². The van der Waals surface area contributed by atoms with Gasteiger partial charge in [-0.25, -0.2) is 4.79 Å². The van der Waals surface area contributed by atoms with Crippen LogP contribution >= 0.6 is 23.5 Å². The minimum atomic E-state index is -0.247. The molecule has 0 heterocycles. The van der Waals surface area contributed by atoms with Gasteiger partial charge in [0, 0.05) is 5.75 Å². The SMILES string of the molecule is C=CCS/C(SC)=C(\CC=C)C(=O)OCC. The van der Waals surface area contributed by atoms with Gasteiger partial charge >= 0.3 is 5.97 Å². The van der Waals surface area contributed by atoms with E-state index in [1.165, 1.54) is 0 Å². The molecular weight excluding hydrogens is 240 g/mol. The highest BCUT2D eigenvalue weighted by Crippen LogP contribution is 2.31. The van der Waals surface area contributed by atoms with E-state index in [0.29, 0.717) is 18.6 Å². The van der Waals surface area contributed by atoms with Gasteiger partial charge in [-0.2, -0.15) is 0 Å². The number of hydrogen-bond donors (Lipinski definition) is 0. The second kappa shape index (κ2) is 9.60. The number of carbonyl (C=O) groups excluding carboxylic acids is 1. The summed E-state index contributed by atoms with van der Waals surface area (Å²) < 4.78 is 6.01. The molecule has 0 aliphatic carbocycles. The molecule has 0 aromatic carbocycles. The van der Waals surface area contributed by atoms with E-state index in [1.54, 1.807) is 36.5 Å². The number of esters is 1. The Morgan fingerprint density at radius 2 is 2.06 bits per heavy atom. The van der Waals surface area contributed by atoms with Crippen LogP contribution in [-0.2, 0) is 9.53 Å². The third kappa shape index (κ3) is 5.47. The molecule has 0 atom stereocenters. The van der Waals surface area contributed by atoms with Crippen molar-refractivity contribution in [2.24, 2.45) is 0 Å². The standard InChI is InChI=1S/C12H18O2S2/c1-5-8-10(11(13)14-7-3)12(15-4)16-9-6-2/h5-6H,1-2,7-9H2,3-4H3/b12-10+. The summed E-state index contributed by atoms with van der Waals surface area (Å²) in [5, 5.41) is 0. The second-order valence-corrected chi connectivity index (χ2v) is 4.89. The highest BCUT2D eigenvalue weighted by Gasteiger charge is 2.15. The molecule has 90 valence electrons. The average Bonchev–Trinajstić information content (AvgIpc) is 2.28. The molecule has 0 rings (SSSR count). The molecule has 0 amide bonds. The fourth-order valence-corrected chi connectivity index (χ4v) is 2.72. The Balaban J connectivity index is 4.89. The third-order valence-electron chi connectivity index (χ3n) is 1.63. The van der Waals surface area contributed by atoms with Gasteiger partial charge in [0.1, 0.15) is 0 Å². The van der Waals surface area contributed by atoms with E-state index in [0.717, 1.165) is 9.99 Å². The number of carbonyl (C=O) groups is 1. The molecule has 0 radical (unpaired) electrons. The maximum atomic E-state index is 11.7. The first-order valence-corrected chi connectivity index (χ1v) is 7.21. The lowest BCUT2D eigenvalue weighted by Crippen LogP contribution is -2.08. The van der Waals surface area contributed by atoms with E-state index in [-0.39, 0.29) is 5.97 Å². The van der Waals surface area contributed by atoms with E-state index in [4.69, 9.17) is 4.74 Å². The molecule has 16 heavy (non-hydrogen) atoms. The molecule has 0 aliphatic rings. The van der Waals surface area contributed by atoms with Crippen molar-refractivity contribution < 1.29 is 9.53 Å². The smallest absolute Gasteiger partial charge is 0.335 e. The topological polar surface area (TPSA) is 26.3 Å². The molecular formula is C12H18O2S2. The number of ether oxygens (including phenoxy) is 1. The number of thioether (sulfide) groups is 2. The summed E-state index contributed by atoms with van der Waals surface area (Å²) in [6.45, 7) is 9.52. The molecule has 0 spiro atoms. The summed E-state index contributed by atoms with van der Waals surface area (Å²) >= 11 is 3.16. The first-order valence-electron chi connectivity index (χ1n) is 5.00. The molecule has 2 nitrogen and oxygen atoms in total. The van der Waals surface area contributed by atoms with Gasteiger partial charge in [-0.15, -0.1) is 36.7 Å². The van der Waals surface area contributed by atoms with Crippen LogP contribution in [0.4, 0.5) is 0 Å². The van der Waals surface area contributed by atoms with E-state index in [1.807, 2.05) is 12.3 Å². The molecule has 0 N–H and O–H groups in total. The summed E-state index contributed by atoms with van der Waals surface area (Å²) in [5.41, 5.74) is 0.691. The van der Waals surface area contributed by atoms with Crippen molar-refractivity contribution in [3.8, 4) is 0 Å². The van der Waals surface area contributed by atoms with Crippen LogP contribution in [0.15, 0.2) is 35.1 Å². The Kier molecular flexibility index (Phi) is 9.24. The van der Waals surface area contributed by atoms with Crippen LogP contribution in [0.1, 0.15) is 13.3 Å². The monoisotopic (exact) mass is 258 g/mol.